The Balaban J connectivity index is 2.18. The minimum atomic E-state index is -1.41. The molecule has 1 heterocycles. The molecular formula is C14H11BO2S. The first kappa shape index (κ1) is 11.5. The van der Waals surface area contributed by atoms with Gasteiger partial charge < -0.3 is 10.0 Å². The lowest BCUT2D eigenvalue weighted by molar-refractivity contribution is 0.426. The average molecular weight is 254 g/mol. The van der Waals surface area contributed by atoms with E-state index in [0.29, 0.717) is 5.46 Å². The molecule has 2 N–H and O–H groups in total. The van der Waals surface area contributed by atoms with Crippen LogP contribution in [0.5, 0.6) is 0 Å². The highest BCUT2D eigenvalue weighted by Crippen LogP contribution is 2.26. The van der Waals surface area contributed by atoms with E-state index in [9.17, 15) is 10.0 Å². The van der Waals surface area contributed by atoms with Crippen LogP contribution in [0.3, 0.4) is 0 Å². The fourth-order valence-electron chi connectivity index (χ4n) is 2.06. The van der Waals surface area contributed by atoms with Crippen molar-refractivity contribution < 1.29 is 10.0 Å². The monoisotopic (exact) mass is 254 g/mol. The summed E-state index contributed by atoms with van der Waals surface area (Å²) in [6.45, 7) is 0. The van der Waals surface area contributed by atoms with Crippen LogP contribution in [-0.4, -0.2) is 17.2 Å². The quantitative estimate of drug-likeness (QED) is 0.688. The molecule has 4 heteroatoms. The van der Waals surface area contributed by atoms with Crippen molar-refractivity contribution in [2.45, 2.75) is 0 Å². The van der Waals surface area contributed by atoms with Crippen LogP contribution in [0.15, 0.2) is 53.9 Å². The molecule has 1 aromatic heterocycles. The summed E-state index contributed by atoms with van der Waals surface area (Å²) in [5.41, 5.74) is 2.79. The summed E-state index contributed by atoms with van der Waals surface area (Å²) in [6, 6.07) is 16.1. The second-order valence-corrected chi connectivity index (χ2v) is 5.05. The van der Waals surface area contributed by atoms with Gasteiger partial charge in [0.1, 0.15) is 0 Å². The van der Waals surface area contributed by atoms with Crippen LogP contribution < -0.4 is 5.46 Å². The number of rotatable bonds is 2. The van der Waals surface area contributed by atoms with E-state index < -0.39 is 7.12 Å². The van der Waals surface area contributed by atoms with Crippen LogP contribution in [0.2, 0.25) is 0 Å². The largest absolute Gasteiger partial charge is 0.489 e. The van der Waals surface area contributed by atoms with Gasteiger partial charge in [0.15, 0.2) is 0 Å². The molecule has 0 aliphatic rings. The first-order chi connectivity index (χ1) is 8.75. The van der Waals surface area contributed by atoms with E-state index in [-0.39, 0.29) is 0 Å². The Hall–Kier alpha value is -1.62. The molecule has 88 valence electrons. The summed E-state index contributed by atoms with van der Waals surface area (Å²) in [6.07, 6.45) is 0. The van der Waals surface area contributed by atoms with E-state index in [1.165, 1.54) is 11.3 Å². The second kappa shape index (κ2) is 4.57. The van der Waals surface area contributed by atoms with Gasteiger partial charge in [-0.15, -0.1) is 11.3 Å². The van der Waals surface area contributed by atoms with Gasteiger partial charge in [-0.05, 0) is 34.0 Å². The SMILES string of the molecule is OB(O)c1csc2ccc(-c3ccccc3)cc12. The molecule has 0 saturated heterocycles. The van der Waals surface area contributed by atoms with E-state index in [4.69, 9.17) is 0 Å². The van der Waals surface area contributed by atoms with Crippen molar-refractivity contribution in [3.63, 3.8) is 0 Å². The maximum atomic E-state index is 9.33. The molecule has 2 aromatic carbocycles. The first-order valence-electron chi connectivity index (χ1n) is 5.68. The van der Waals surface area contributed by atoms with E-state index in [2.05, 4.69) is 6.07 Å². The van der Waals surface area contributed by atoms with Crippen molar-refractivity contribution in [3.05, 3.63) is 53.9 Å². The maximum absolute atomic E-state index is 9.33. The molecule has 0 saturated carbocycles. The van der Waals surface area contributed by atoms with Crippen LogP contribution in [0.25, 0.3) is 21.2 Å². The standard InChI is InChI=1S/C14H11BO2S/c16-15(17)13-9-18-14-7-6-11(8-12(13)14)10-4-2-1-3-5-10/h1-9,16-17H. The van der Waals surface area contributed by atoms with Crippen molar-refractivity contribution in [2.75, 3.05) is 0 Å². The highest BCUT2D eigenvalue weighted by atomic mass is 32.1. The van der Waals surface area contributed by atoms with Gasteiger partial charge in [-0.3, -0.25) is 0 Å². The molecule has 18 heavy (non-hydrogen) atoms. The van der Waals surface area contributed by atoms with Crippen molar-refractivity contribution in [1.29, 1.82) is 0 Å². The van der Waals surface area contributed by atoms with Crippen LogP contribution in [0.1, 0.15) is 0 Å². The van der Waals surface area contributed by atoms with E-state index in [1.54, 1.807) is 5.38 Å². The van der Waals surface area contributed by atoms with Crippen molar-refractivity contribution >= 4 is 34.0 Å². The Bertz CT molecular complexity index is 677. The van der Waals surface area contributed by atoms with Gasteiger partial charge in [0.05, 0.1) is 0 Å². The third-order valence-electron chi connectivity index (χ3n) is 2.99. The minimum absolute atomic E-state index is 0.577. The number of benzene rings is 2. The molecule has 2 nitrogen and oxygen atoms in total. The summed E-state index contributed by atoms with van der Waals surface area (Å²) in [5, 5.41) is 21.4. The van der Waals surface area contributed by atoms with Crippen molar-refractivity contribution in [1.82, 2.24) is 0 Å². The average Bonchev–Trinajstić information content (AvgIpc) is 2.82. The molecule has 3 aromatic rings. The topological polar surface area (TPSA) is 40.5 Å². The maximum Gasteiger partial charge on any atom is 0.489 e. The number of hydrogen-bond acceptors (Lipinski definition) is 3. The Labute approximate surface area is 109 Å². The zero-order valence-electron chi connectivity index (χ0n) is 9.58. The van der Waals surface area contributed by atoms with Gasteiger partial charge in [0.25, 0.3) is 0 Å². The summed E-state index contributed by atoms with van der Waals surface area (Å²) >= 11 is 1.53. The van der Waals surface area contributed by atoms with Crippen molar-refractivity contribution in [2.24, 2.45) is 0 Å². The Morgan fingerprint density at radius 2 is 1.67 bits per heavy atom. The normalized spacial score (nSPS) is 10.8. The lowest BCUT2D eigenvalue weighted by Gasteiger charge is -2.03. The molecule has 0 radical (unpaired) electrons. The Morgan fingerprint density at radius 3 is 2.39 bits per heavy atom. The summed E-state index contributed by atoms with van der Waals surface area (Å²) in [5.74, 6) is 0. The Kier molecular flexibility index (Phi) is 2.92. The molecule has 0 aliphatic carbocycles. The summed E-state index contributed by atoms with van der Waals surface area (Å²) in [7, 11) is -1.41. The number of hydrogen-bond donors (Lipinski definition) is 2. The smallest absolute Gasteiger partial charge is 0.423 e. The molecular weight excluding hydrogens is 243 g/mol. The van der Waals surface area contributed by atoms with E-state index >= 15 is 0 Å². The van der Waals surface area contributed by atoms with Crippen molar-refractivity contribution in [3.8, 4) is 11.1 Å². The molecule has 0 amide bonds. The fraction of sp³-hybridized carbons (Fsp3) is 0. The second-order valence-electron chi connectivity index (χ2n) is 4.14. The first-order valence-corrected chi connectivity index (χ1v) is 6.56. The highest BCUT2D eigenvalue weighted by Gasteiger charge is 2.16. The van der Waals surface area contributed by atoms with Gasteiger partial charge in [-0.1, -0.05) is 36.4 Å². The van der Waals surface area contributed by atoms with Gasteiger partial charge in [0, 0.05) is 10.2 Å². The van der Waals surface area contributed by atoms with Gasteiger partial charge >= 0.3 is 7.12 Å². The molecule has 3 rings (SSSR count). The summed E-state index contributed by atoms with van der Waals surface area (Å²) < 4.78 is 1.07. The van der Waals surface area contributed by atoms with Crippen LogP contribution in [0, 0.1) is 0 Å². The molecule has 0 fully saturated rings. The lowest BCUT2D eigenvalue weighted by Crippen LogP contribution is -2.28. The van der Waals surface area contributed by atoms with Gasteiger partial charge in [-0.25, -0.2) is 0 Å². The third-order valence-corrected chi connectivity index (χ3v) is 3.97. The molecule has 0 aliphatic heterocycles. The summed E-state index contributed by atoms with van der Waals surface area (Å²) in [4.78, 5) is 0. The molecule has 0 unspecified atom stereocenters. The highest BCUT2D eigenvalue weighted by molar-refractivity contribution is 7.18. The third kappa shape index (κ3) is 1.95. The molecule has 0 atom stereocenters. The van der Waals surface area contributed by atoms with E-state index in [0.717, 1.165) is 21.2 Å². The fourth-order valence-corrected chi connectivity index (χ4v) is 3.01. The number of thiophene rings is 1. The zero-order valence-corrected chi connectivity index (χ0v) is 10.4. The lowest BCUT2D eigenvalue weighted by atomic mass is 9.80. The predicted octanol–water partition coefficient (Wildman–Crippen LogP) is 2.25. The molecule has 0 bridgehead atoms. The Morgan fingerprint density at radius 1 is 0.889 bits per heavy atom. The van der Waals surface area contributed by atoms with Crippen LogP contribution in [-0.2, 0) is 0 Å². The zero-order chi connectivity index (χ0) is 12.5. The van der Waals surface area contributed by atoms with Crippen LogP contribution >= 0.6 is 11.3 Å². The van der Waals surface area contributed by atoms with Gasteiger partial charge in [-0.2, -0.15) is 0 Å². The van der Waals surface area contributed by atoms with Crippen LogP contribution in [0.4, 0.5) is 0 Å². The predicted molar refractivity (Wildman–Crippen MR) is 77.1 cm³/mol. The van der Waals surface area contributed by atoms with Gasteiger partial charge in [0.2, 0.25) is 0 Å². The van der Waals surface area contributed by atoms with E-state index in [1.807, 2.05) is 42.5 Å². The number of fused-ring (bicyclic) bond motifs is 1. The minimum Gasteiger partial charge on any atom is -0.423 e. The molecule has 0 spiro atoms.